The Balaban J connectivity index is 2.84. The van der Waals surface area contributed by atoms with E-state index in [1.165, 1.54) is 0 Å². The van der Waals surface area contributed by atoms with Gasteiger partial charge in [0.1, 0.15) is 0 Å². The van der Waals surface area contributed by atoms with Gasteiger partial charge in [-0.25, -0.2) is 0 Å². The topological polar surface area (TPSA) is 40.5 Å². The number of aliphatic hydroxyl groups excluding tert-OH is 2. The van der Waals surface area contributed by atoms with E-state index >= 15 is 0 Å². The van der Waals surface area contributed by atoms with E-state index in [-0.39, 0.29) is 12.5 Å². The average Bonchev–Trinajstić information content (AvgIpc) is 2.20. The van der Waals surface area contributed by atoms with E-state index in [4.69, 9.17) is 5.11 Å². The van der Waals surface area contributed by atoms with Crippen molar-refractivity contribution >= 4 is 0 Å². The molecule has 2 heteroatoms. The summed E-state index contributed by atoms with van der Waals surface area (Å²) < 4.78 is 0. The van der Waals surface area contributed by atoms with Gasteiger partial charge in [0.25, 0.3) is 0 Å². The molecule has 0 aromatic heterocycles. The summed E-state index contributed by atoms with van der Waals surface area (Å²) >= 11 is 0. The summed E-state index contributed by atoms with van der Waals surface area (Å²) in [5, 5.41) is 18.2. The second kappa shape index (κ2) is 4.80. The van der Waals surface area contributed by atoms with Crippen LogP contribution < -0.4 is 0 Å². The molecule has 2 atom stereocenters. The first-order valence-electron chi connectivity index (χ1n) is 4.26. The van der Waals surface area contributed by atoms with Gasteiger partial charge in [-0.15, -0.1) is 6.58 Å². The van der Waals surface area contributed by atoms with E-state index in [9.17, 15) is 5.11 Å². The minimum absolute atomic E-state index is 0.189. The largest absolute Gasteiger partial charge is 0.394 e. The van der Waals surface area contributed by atoms with Gasteiger partial charge >= 0.3 is 0 Å². The van der Waals surface area contributed by atoms with Crippen molar-refractivity contribution in [1.82, 2.24) is 0 Å². The smallest absolute Gasteiger partial charge is 0.0873 e. The number of hydrogen-bond acceptors (Lipinski definition) is 2. The highest BCUT2D eigenvalue weighted by molar-refractivity contribution is 5.24. The molecule has 0 amide bonds. The minimum Gasteiger partial charge on any atom is -0.394 e. The predicted molar refractivity (Wildman–Crippen MR) is 52.5 cm³/mol. The van der Waals surface area contributed by atoms with Gasteiger partial charge in [0.2, 0.25) is 0 Å². The summed E-state index contributed by atoms with van der Waals surface area (Å²) in [6.45, 7) is 3.39. The molecule has 0 spiro atoms. The number of hydrogen-bond donors (Lipinski definition) is 2. The molecule has 0 radical (unpaired) electrons. The summed E-state index contributed by atoms with van der Waals surface area (Å²) in [6, 6.07) is 9.53. The van der Waals surface area contributed by atoms with Crippen molar-refractivity contribution in [1.29, 1.82) is 0 Å². The van der Waals surface area contributed by atoms with Gasteiger partial charge < -0.3 is 10.2 Å². The summed E-state index contributed by atoms with van der Waals surface area (Å²) in [5.41, 5.74) is 0.971. The zero-order chi connectivity index (χ0) is 9.68. The van der Waals surface area contributed by atoms with Crippen LogP contribution in [0.4, 0.5) is 0 Å². The summed E-state index contributed by atoms with van der Waals surface area (Å²) in [6.07, 6.45) is 0.885. The van der Waals surface area contributed by atoms with Crippen molar-refractivity contribution < 1.29 is 10.2 Å². The van der Waals surface area contributed by atoms with Crippen molar-refractivity contribution in [3.63, 3.8) is 0 Å². The first kappa shape index (κ1) is 9.96. The van der Waals surface area contributed by atoms with Crippen LogP contribution in [0.25, 0.3) is 0 Å². The molecule has 2 nitrogen and oxygen atoms in total. The molecule has 13 heavy (non-hydrogen) atoms. The van der Waals surface area contributed by atoms with E-state index in [0.717, 1.165) is 5.56 Å². The van der Waals surface area contributed by atoms with E-state index < -0.39 is 6.10 Å². The van der Waals surface area contributed by atoms with Gasteiger partial charge in [0.15, 0.2) is 0 Å². The van der Waals surface area contributed by atoms with Gasteiger partial charge in [0, 0.05) is 5.92 Å². The van der Waals surface area contributed by atoms with E-state index in [2.05, 4.69) is 6.58 Å². The average molecular weight is 178 g/mol. The van der Waals surface area contributed by atoms with Gasteiger partial charge in [-0.05, 0) is 5.56 Å². The summed E-state index contributed by atoms with van der Waals surface area (Å²) in [5.74, 6) is -0.189. The Kier molecular flexibility index (Phi) is 3.68. The van der Waals surface area contributed by atoms with Gasteiger partial charge in [-0.1, -0.05) is 36.4 Å². The molecule has 1 aromatic rings. The van der Waals surface area contributed by atoms with E-state index in [0.29, 0.717) is 0 Å². The lowest BCUT2D eigenvalue weighted by molar-refractivity contribution is 0.0841. The molecule has 0 aliphatic rings. The lowest BCUT2D eigenvalue weighted by atomic mass is 9.94. The van der Waals surface area contributed by atoms with Crippen LogP contribution in [0.3, 0.4) is 0 Å². The Bertz CT molecular complexity index is 256. The van der Waals surface area contributed by atoms with Crippen LogP contribution in [0.15, 0.2) is 43.0 Å². The molecule has 0 aliphatic heterocycles. The summed E-state index contributed by atoms with van der Waals surface area (Å²) in [4.78, 5) is 0. The number of aliphatic hydroxyl groups is 2. The van der Waals surface area contributed by atoms with Crippen molar-refractivity contribution in [2.45, 2.75) is 12.0 Å². The Morgan fingerprint density at radius 2 is 1.92 bits per heavy atom. The Labute approximate surface area is 78.2 Å². The Morgan fingerprint density at radius 1 is 1.31 bits per heavy atom. The number of benzene rings is 1. The highest BCUT2D eigenvalue weighted by Crippen LogP contribution is 2.20. The zero-order valence-corrected chi connectivity index (χ0v) is 7.43. The standard InChI is InChI=1S/C11H14O2/c1-2-10(11(13)8-12)9-6-4-3-5-7-9/h2-7,10-13H,1,8H2. The van der Waals surface area contributed by atoms with E-state index in [1.54, 1.807) is 6.08 Å². The van der Waals surface area contributed by atoms with Crippen molar-refractivity contribution in [3.05, 3.63) is 48.6 Å². The fourth-order valence-electron chi connectivity index (χ4n) is 1.30. The zero-order valence-electron chi connectivity index (χ0n) is 7.43. The van der Waals surface area contributed by atoms with Crippen LogP contribution in [-0.2, 0) is 0 Å². The van der Waals surface area contributed by atoms with Crippen molar-refractivity contribution in [2.24, 2.45) is 0 Å². The predicted octanol–water partition coefficient (Wildman–Crippen LogP) is 1.31. The molecule has 2 unspecified atom stereocenters. The monoisotopic (exact) mass is 178 g/mol. The molecule has 0 bridgehead atoms. The van der Waals surface area contributed by atoms with Crippen molar-refractivity contribution in [3.8, 4) is 0 Å². The molecule has 70 valence electrons. The fourth-order valence-corrected chi connectivity index (χ4v) is 1.30. The molecular formula is C11H14O2. The van der Waals surface area contributed by atoms with Crippen LogP contribution in [0.2, 0.25) is 0 Å². The highest BCUT2D eigenvalue weighted by atomic mass is 16.3. The third-order valence-electron chi connectivity index (χ3n) is 2.04. The second-order valence-corrected chi connectivity index (χ2v) is 2.92. The molecular weight excluding hydrogens is 164 g/mol. The first-order valence-corrected chi connectivity index (χ1v) is 4.26. The minimum atomic E-state index is -0.764. The molecule has 2 N–H and O–H groups in total. The van der Waals surface area contributed by atoms with Crippen LogP contribution in [0.5, 0.6) is 0 Å². The number of rotatable bonds is 4. The van der Waals surface area contributed by atoms with Crippen LogP contribution in [-0.4, -0.2) is 22.9 Å². The first-order chi connectivity index (χ1) is 6.29. The van der Waals surface area contributed by atoms with Crippen LogP contribution in [0, 0.1) is 0 Å². The molecule has 0 aliphatic carbocycles. The SMILES string of the molecule is C=CC(c1ccccc1)C(O)CO. The fraction of sp³-hybridized carbons (Fsp3) is 0.273. The molecule has 0 saturated carbocycles. The maximum absolute atomic E-state index is 9.45. The van der Waals surface area contributed by atoms with Crippen molar-refractivity contribution in [2.75, 3.05) is 6.61 Å². The Hall–Kier alpha value is -1.12. The molecule has 1 aromatic carbocycles. The Morgan fingerprint density at radius 3 is 2.38 bits per heavy atom. The van der Waals surface area contributed by atoms with Gasteiger partial charge in [-0.3, -0.25) is 0 Å². The molecule has 1 rings (SSSR count). The highest BCUT2D eigenvalue weighted by Gasteiger charge is 2.16. The summed E-state index contributed by atoms with van der Waals surface area (Å²) in [7, 11) is 0. The van der Waals surface area contributed by atoms with E-state index in [1.807, 2.05) is 30.3 Å². The maximum atomic E-state index is 9.45. The third kappa shape index (κ3) is 2.41. The maximum Gasteiger partial charge on any atom is 0.0873 e. The lowest BCUT2D eigenvalue weighted by Gasteiger charge is -2.17. The molecule has 0 saturated heterocycles. The molecule has 0 fully saturated rings. The normalized spacial score (nSPS) is 14.9. The van der Waals surface area contributed by atoms with Crippen LogP contribution >= 0.6 is 0 Å². The second-order valence-electron chi connectivity index (χ2n) is 2.92. The quantitative estimate of drug-likeness (QED) is 0.682. The lowest BCUT2D eigenvalue weighted by Crippen LogP contribution is -2.20. The van der Waals surface area contributed by atoms with Gasteiger partial charge in [0.05, 0.1) is 12.7 Å². The molecule has 0 heterocycles. The van der Waals surface area contributed by atoms with Crippen LogP contribution in [0.1, 0.15) is 11.5 Å². The third-order valence-corrected chi connectivity index (χ3v) is 2.04. The van der Waals surface area contributed by atoms with Gasteiger partial charge in [-0.2, -0.15) is 0 Å².